The third kappa shape index (κ3) is 3.92. The molecule has 7 heteroatoms. The highest BCUT2D eigenvalue weighted by Gasteiger charge is 2.32. The molecule has 26 heavy (non-hydrogen) atoms. The number of fused-ring (bicyclic) bond motifs is 1. The highest BCUT2D eigenvalue weighted by atomic mass is 16.5. The van der Waals surface area contributed by atoms with Gasteiger partial charge in [0.2, 0.25) is 0 Å². The summed E-state index contributed by atoms with van der Waals surface area (Å²) in [7, 11) is 0. The lowest BCUT2D eigenvalue weighted by atomic mass is 10.0. The van der Waals surface area contributed by atoms with Gasteiger partial charge in [0.05, 0.1) is 12.1 Å². The molecule has 0 aromatic carbocycles. The monoisotopic (exact) mass is 363 g/mol. The number of nitrogens with zero attached hydrogens (tertiary/aromatic N) is 3. The molecule has 1 amide bonds. The number of aromatic nitrogens is 2. The largest absolute Gasteiger partial charge is 0.481 e. The van der Waals surface area contributed by atoms with Gasteiger partial charge in [0, 0.05) is 38.8 Å². The number of carbonyl (C=O) groups excluding carboxylic acids is 1. The molecule has 0 bridgehead atoms. The van der Waals surface area contributed by atoms with Gasteiger partial charge in [-0.05, 0) is 31.6 Å². The lowest BCUT2D eigenvalue weighted by Crippen LogP contribution is -2.45. The van der Waals surface area contributed by atoms with Crippen LogP contribution in [0.15, 0.2) is 0 Å². The maximum Gasteiger partial charge on any atom is 0.305 e. The maximum atomic E-state index is 13.4. The molecular formula is C19H29N3O4. The first kappa shape index (κ1) is 18.9. The Balaban J connectivity index is 1.92. The van der Waals surface area contributed by atoms with Gasteiger partial charge in [-0.2, -0.15) is 0 Å². The summed E-state index contributed by atoms with van der Waals surface area (Å²) >= 11 is 0. The summed E-state index contributed by atoms with van der Waals surface area (Å²) in [6.45, 7) is 6.53. The van der Waals surface area contributed by atoms with E-state index in [1.807, 2.05) is 0 Å². The van der Waals surface area contributed by atoms with Crippen molar-refractivity contribution in [3.63, 3.8) is 0 Å². The number of carboxylic acids is 1. The number of carboxylic acid groups (broad SMARTS) is 1. The number of hydrogen-bond acceptors (Lipinski definition) is 4. The molecular weight excluding hydrogens is 334 g/mol. The molecule has 0 spiro atoms. The summed E-state index contributed by atoms with van der Waals surface area (Å²) in [5, 5.41) is 9.11. The fraction of sp³-hybridized carbons (Fsp3) is 0.737. The van der Waals surface area contributed by atoms with E-state index in [4.69, 9.17) is 14.8 Å². The van der Waals surface area contributed by atoms with E-state index < -0.39 is 5.97 Å². The first-order valence-corrected chi connectivity index (χ1v) is 9.68. The van der Waals surface area contributed by atoms with Crippen LogP contribution in [0, 0.1) is 0 Å². The molecule has 2 aliphatic rings. The van der Waals surface area contributed by atoms with Gasteiger partial charge in [-0.3, -0.25) is 9.59 Å². The lowest BCUT2D eigenvalue weighted by molar-refractivity contribution is -0.137. The Bertz CT molecular complexity index is 662. The zero-order chi connectivity index (χ0) is 18.7. The van der Waals surface area contributed by atoms with Gasteiger partial charge in [0.15, 0.2) is 0 Å². The predicted octanol–water partition coefficient (Wildman–Crippen LogP) is 2.44. The average Bonchev–Trinajstić information content (AvgIpc) is 3.02. The van der Waals surface area contributed by atoms with Crippen LogP contribution < -0.4 is 0 Å². The molecule has 1 aromatic rings. The number of aryl methyl sites for hydroxylation is 1. The first-order valence-electron chi connectivity index (χ1n) is 9.68. The molecule has 1 N–H and O–H groups in total. The summed E-state index contributed by atoms with van der Waals surface area (Å²) in [5.74, 6) is 0.185. The third-order valence-corrected chi connectivity index (χ3v) is 5.33. The Kier molecular flexibility index (Phi) is 5.96. The molecule has 7 nitrogen and oxygen atoms in total. The smallest absolute Gasteiger partial charge is 0.305 e. The summed E-state index contributed by atoms with van der Waals surface area (Å²) in [4.78, 5) is 31.0. The minimum atomic E-state index is -0.886. The van der Waals surface area contributed by atoms with E-state index in [-0.39, 0.29) is 30.8 Å². The number of imidazole rings is 1. The van der Waals surface area contributed by atoms with Crippen molar-refractivity contribution >= 4 is 11.9 Å². The lowest BCUT2D eigenvalue weighted by Gasteiger charge is -2.34. The average molecular weight is 363 g/mol. The third-order valence-electron chi connectivity index (χ3n) is 5.33. The van der Waals surface area contributed by atoms with Gasteiger partial charge < -0.3 is 19.3 Å². The van der Waals surface area contributed by atoms with Crippen molar-refractivity contribution in [3.05, 3.63) is 17.2 Å². The molecule has 0 atom stereocenters. The molecule has 1 aromatic heterocycles. The van der Waals surface area contributed by atoms with Gasteiger partial charge in [-0.15, -0.1) is 0 Å². The SMILES string of the molecule is CC(C)c1c(C(=O)N(CCC(=O)O)C2CCOCC2)nc2n1CCCC2. The maximum absolute atomic E-state index is 13.4. The fourth-order valence-electron chi connectivity index (χ4n) is 4.05. The minimum absolute atomic E-state index is 0.0225. The number of aliphatic carboxylic acids is 1. The van der Waals surface area contributed by atoms with E-state index in [0.717, 1.165) is 50.2 Å². The van der Waals surface area contributed by atoms with Crippen LogP contribution in [0.1, 0.15) is 73.9 Å². The van der Waals surface area contributed by atoms with Crippen molar-refractivity contribution in [2.45, 2.75) is 70.9 Å². The molecule has 3 rings (SSSR count). The van der Waals surface area contributed by atoms with Crippen molar-refractivity contribution in [1.82, 2.24) is 14.5 Å². The van der Waals surface area contributed by atoms with E-state index in [9.17, 15) is 9.59 Å². The molecule has 144 valence electrons. The highest BCUT2D eigenvalue weighted by Crippen LogP contribution is 2.28. The van der Waals surface area contributed by atoms with E-state index in [1.54, 1.807) is 4.90 Å². The standard InChI is InChI=1S/C19H29N3O4/c1-13(2)18-17(20-15-5-3-4-9-22(15)18)19(25)21(10-6-16(23)24)14-7-11-26-12-8-14/h13-14H,3-12H2,1-2H3,(H,23,24). The second-order valence-electron chi connectivity index (χ2n) is 7.51. The Hall–Kier alpha value is -1.89. The number of carbonyl (C=O) groups is 2. The Morgan fingerprint density at radius 3 is 2.69 bits per heavy atom. The molecule has 0 radical (unpaired) electrons. The van der Waals surface area contributed by atoms with E-state index in [0.29, 0.717) is 18.9 Å². The topological polar surface area (TPSA) is 84.7 Å². The molecule has 3 heterocycles. The Morgan fingerprint density at radius 2 is 2.04 bits per heavy atom. The number of amides is 1. The first-order chi connectivity index (χ1) is 12.5. The van der Waals surface area contributed by atoms with Crippen molar-refractivity contribution in [1.29, 1.82) is 0 Å². The van der Waals surface area contributed by atoms with Crippen LogP contribution >= 0.6 is 0 Å². The Morgan fingerprint density at radius 1 is 1.31 bits per heavy atom. The van der Waals surface area contributed by atoms with Gasteiger partial charge in [0.1, 0.15) is 11.5 Å². The van der Waals surface area contributed by atoms with Gasteiger partial charge in [-0.25, -0.2) is 4.98 Å². The summed E-state index contributed by atoms with van der Waals surface area (Å²) in [5.41, 5.74) is 1.52. The second-order valence-corrected chi connectivity index (χ2v) is 7.51. The van der Waals surface area contributed by atoms with Crippen molar-refractivity contribution < 1.29 is 19.4 Å². The van der Waals surface area contributed by atoms with Crippen molar-refractivity contribution in [2.24, 2.45) is 0 Å². The minimum Gasteiger partial charge on any atom is -0.481 e. The summed E-state index contributed by atoms with van der Waals surface area (Å²) in [6.07, 6.45) is 4.56. The van der Waals surface area contributed by atoms with E-state index in [1.165, 1.54) is 0 Å². The van der Waals surface area contributed by atoms with Gasteiger partial charge in [0.25, 0.3) is 5.91 Å². The summed E-state index contributed by atoms with van der Waals surface area (Å²) in [6, 6.07) is 0.0225. The van der Waals surface area contributed by atoms with Crippen LogP contribution in [0.3, 0.4) is 0 Å². The van der Waals surface area contributed by atoms with E-state index >= 15 is 0 Å². The molecule has 0 aliphatic carbocycles. The molecule has 1 fully saturated rings. The highest BCUT2D eigenvalue weighted by molar-refractivity contribution is 5.94. The number of rotatable bonds is 6. The van der Waals surface area contributed by atoms with Crippen molar-refractivity contribution in [3.8, 4) is 0 Å². The van der Waals surface area contributed by atoms with Crippen LogP contribution in [0.25, 0.3) is 0 Å². The quantitative estimate of drug-likeness (QED) is 0.839. The number of hydrogen-bond donors (Lipinski definition) is 1. The Labute approximate surface area is 154 Å². The summed E-state index contributed by atoms with van der Waals surface area (Å²) < 4.78 is 7.62. The molecule has 0 unspecified atom stereocenters. The van der Waals surface area contributed by atoms with E-state index in [2.05, 4.69) is 18.4 Å². The van der Waals surface area contributed by atoms with Crippen LogP contribution in [0.5, 0.6) is 0 Å². The second kappa shape index (κ2) is 8.20. The fourth-order valence-corrected chi connectivity index (χ4v) is 4.05. The van der Waals surface area contributed by atoms with Crippen LogP contribution in [0.4, 0.5) is 0 Å². The van der Waals surface area contributed by atoms with Gasteiger partial charge in [-0.1, -0.05) is 13.8 Å². The zero-order valence-corrected chi connectivity index (χ0v) is 15.7. The normalized spacial score (nSPS) is 18.0. The van der Waals surface area contributed by atoms with Gasteiger partial charge >= 0.3 is 5.97 Å². The number of ether oxygens (including phenoxy) is 1. The zero-order valence-electron chi connectivity index (χ0n) is 15.7. The predicted molar refractivity (Wildman–Crippen MR) is 96.4 cm³/mol. The van der Waals surface area contributed by atoms with Crippen molar-refractivity contribution in [2.75, 3.05) is 19.8 Å². The molecule has 1 saturated heterocycles. The van der Waals surface area contributed by atoms with Crippen LogP contribution in [-0.4, -0.2) is 57.2 Å². The molecule has 0 saturated carbocycles. The van der Waals surface area contributed by atoms with Crippen LogP contribution in [0.2, 0.25) is 0 Å². The van der Waals surface area contributed by atoms with Crippen LogP contribution in [-0.2, 0) is 22.5 Å². The molecule has 2 aliphatic heterocycles.